The van der Waals surface area contributed by atoms with Crippen LogP contribution >= 0.6 is 11.5 Å². The predicted molar refractivity (Wildman–Crippen MR) is 53.5 cm³/mol. The summed E-state index contributed by atoms with van der Waals surface area (Å²) >= 11 is 1.25. The van der Waals surface area contributed by atoms with Gasteiger partial charge in [-0.1, -0.05) is 0 Å². The minimum Gasteiger partial charge on any atom is -0.459 e. The standard InChI is InChI=1S/C9H8N2O2S/c1-6-5-8(14-11-6)10-9(12)7-3-2-4-13-7/h2-5H,1H3,(H,10,12). The molecule has 0 aliphatic carbocycles. The van der Waals surface area contributed by atoms with Gasteiger partial charge in [-0.25, -0.2) is 0 Å². The molecule has 2 aromatic heterocycles. The summed E-state index contributed by atoms with van der Waals surface area (Å²) < 4.78 is 8.99. The molecule has 2 heterocycles. The summed E-state index contributed by atoms with van der Waals surface area (Å²) in [5.41, 5.74) is 0.893. The highest BCUT2D eigenvalue weighted by atomic mass is 32.1. The Hall–Kier alpha value is -1.62. The van der Waals surface area contributed by atoms with E-state index in [9.17, 15) is 4.79 Å². The average Bonchev–Trinajstić information content (AvgIpc) is 2.75. The van der Waals surface area contributed by atoms with Crippen molar-refractivity contribution in [3.05, 3.63) is 35.9 Å². The van der Waals surface area contributed by atoms with Gasteiger partial charge in [-0.2, -0.15) is 4.37 Å². The van der Waals surface area contributed by atoms with Gasteiger partial charge in [-0.3, -0.25) is 4.79 Å². The third kappa shape index (κ3) is 1.82. The molecule has 72 valence electrons. The minimum atomic E-state index is -0.251. The van der Waals surface area contributed by atoms with Crippen molar-refractivity contribution in [2.45, 2.75) is 6.92 Å². The highest BCUT2D eigenvalue weighted by Gasteiger charge is 2.09. The first-order valence-electron chi connectivity index (χ1n) is 4.04. The van der Waals surface area contributed by atoms with Crippen LogP contribution in [0, 0.1) is 6.92 Å². The number of aryl methyl sites for hydroxylation is 1. The lowest BCUT2D eigenvalue weighted by molar-refractivity contribution is 0.0997. The fourth-order valence-corrected chi connectivity index (χ4v) is 1.66. The van der Waals surface area contributed by atoms with Crippen molar-refractivity contribution in [3.63, 3.8) is 0 Å². The first kappa shape index (κ1) is 8.96. The third-order valence-electron chi connectivity index (χ3n) is 1.61. The topological polar surface area (TPSA) is 55.1 Å². The maximum absolute atomic E-state index is 11.5. The largest absolute Gasteiger partial charge is 0.459 e. The van der Waals surface area contributed by atoms with Crippen LogP contribution in [0.3, 0.4) is 0 Å². The van der Waals surface area contributed by atoms with Crippen LogP contribution in [0.15, 0.2) is 28.9 Å². The number of nitrogens with zero attached hydrogens (tertiary/aromatic N) is 1. The Morgan fingerprint density at radius 3 is 3.07 bits per heavy atom. The van der Waals surface area contributed by atoms with E-state index >= 15 is 0 Å². The highest BCUT2D eigenvalue weighted by Crippen LogP contribution is 2.16. The van der Waals surface area contributed by atoms with E-state index in [1.165, 1.54) is 17.8 Å². The van der Waals surface area contributed by atoms with Crippen LogP contribution < -0.4 is 5.32 Å². The number of carbonyl (C=O) groups is 1. The molecule has 0 aliphatic heterocycles. The molecule has 0 saturated carbocycles. The van der Waals surface area contributed by atoms with Gasteiger partial charge in [0.05, 0.1) is 12.0 Å². The molecule has 0 aromatic carbocycles. The van der Waals surface area contributed by atoms with Gasteiger partial charge in [0.2, 0.25) is 0 Å². The van der Waals surface area contributed by atoms with E-state index in [4.69, 9.17) is 4.42 Å². The molecule has 0 spiro atoms. The molecule has 1 amide bonds. The van der Waals surface area contributed by atoms with E-state index in [1.54, 1.807) is 12.1 Å². The lowest BCUT2D eigenvalue weighted by Gasteiger charge is -1.96. The quantitative estimate of drug-likeness (QED) is 0.823. The molecule has 0 bridgehead atoms. The number of hydrogen-bond acceptors (Lipinski definition) is 4. The molecule has 2 rings (SSSR count). The summed E-state index contributed by atoms with van der Waals surface area (Å²) in [6.45, 7) is 1.87. The molecule has 14 heavy (non-hydrogen) atoms. The maximum Gasteiger partial charge on any atom is 0.291 e. The van der Waals surface area contributed by atoms with E-state index in [-0.39, 0.29) is 5.91 Å². The van der Waals surface area contributed by atoms with Crippen molar-refractivity contribution in [1.29, 1.82) is 0 Å². The molecular weight excluding hydrogens is 200 g/mol. The zero-order valence-electron chi connectivity index (χ0n) is 7.48. The Morgan fingerprint density at radius 1 is 1.64 bits per heavy atom. The number of aromatic nitrogens is 1. The Labute approximate surface area is 84.7 Å². The molecule has 2 aromatic rings. The van der Waals surface area contributed by atoms with Crippen molar-refractivity contribution >= 4 is 22.4 Å². The average molecular weight is 208 g/mol. The maximum atomic E-state index is 11.5. The van der Waals surface area contributed by atoms with Crippen LogP contribution in [-0.4, -0.2) is 10.3 Å². The molecule has 4 nitrogen and oxygen atoms in total. The van der Waals surface area contributed by atoms with E-state index in [0.717, 1.165) is 10.7 Å². The lowest BCUT2D eigenvalue weighted by Crippen LogP contribution is -2.09. The number of hydrogen-bond donors (Lipinski definition) is 1. The Balaban J connectivity index is 2.09. The van der Waals surface area contributed by atoms with Crippen molar-refractivity contribution in [2.24, 2.45) is 0 Å². The number of carbonyl (C=O) groups excluding carboxylic acids is 1. The van der Waals surface area contributed by atoms with Gasteiger partial charge in [0.15, 0.2) is 5.76 Å². The van der Waals surface area contributed by atoms with Crippen LogP contribution in [0.1, 0.15) is 16.2 Å². The van der Waals surface area contributed by atoms with Gasteiger partial charge < -0.3 is 9.73 Å². The van der Waals surface area contributed by atoms with Crippen LogP contribution in [-0.2, 0) is 0 Å². The number of amides is 1. The van der Waals surface area contributed by atoms with Gasteiger partial charge in [0.1, 0.15) is 5.00 Å². The second kappa shape index (κ2) is 3.63. The molecule has 0 fully saturated rings. The number of nitrogens with one attached hydrogen (secondary N) is 1. The van der Waals surface area contributed by atoms with E-state index in [0.29, 0.717) is 5.76 Å². The van der Waals surface area contributed by atoms with Crippen LogP contribution in [0.4, 0.5) is 5.00 Å². The smallest absolute Gasteiger partial charge is 0.291 e. The van der Waals surface area contributed by atoms with E-state index < -0.39 is 0 Å². The fraction of sp³-hybridized carbons (Fsp3) is 0.111. The Kier molecular flexibility index (Phi) is 2.32. The lowest BCUT2D eigenvalue weighted by atomic mass is 10.4. The number of anilines is 1. The molecule has 0 unspecified atom stereocenters. The van der Waals surface area contributed by atoms with Crippen molar-refractivity contribution in [2.75, 3.05) is 5.32 Å². The van der Waals surface area contributed by atoms with Gasteiger partial charge >= 0.3 is 0 Å². The Morgan fingerprint density at radius 2 is 2.50 bits per heavy atom. The van der Waals surface area contributed by atoms with Crippen LogP contribution in [0.2, 0.25) is 0 Å². The fourth-order valence-electron chi connectivity index (χ4n) is 1.00. The molecule has 5 heteroatoms. The van der Waals surface area contributed by atoms with Gasteiger partial charge in [0, 0.05) is 0 Å². The van der Waals surface area contributed by atoms with Gasteiger partial charge in [0.25, 0.3) is 5.91 Å². The second-order valence-electron chi connectivity index (χ2n) is 2.76. The zero-order chi connectivity index (χ0) is 9.97. The molecular formula is C9H8N2O2S. The van der Waals surface area contributed by atoms with Crippen LogP contribution in [0.25, 0.3) is 0 Å². The normalized spacial score (nSPS) is 10.1. The molecule has 0 atom stereocenters. The first-order chi connectivity index (χ1) is 6.75. The molecule has 0 saturated heterocycles. The monoisotopic (exact) mass is 208 g/mol. The third-order valence-corrected chi connectivity index (χ3v) is 2.41. The Bertz CT molecular complexity index is 433. The summed E-state index contributed by atoms with van der Waals surface area (Å²) in [7, 11) is 0. The molecule has 0 aliphatic rings. The summed E-state index contributed by atoms with van der Waals surface area (Å²) in [5.74, 6) is 0.0507. The summed E-state index contributed by atoms with van der Waals surface area (Å²) in [4.78, 5) is 11.5. The molecule has 1 N–H and O–H groups in total. The highest BCUT2D eigenvalue weighted by molar-refractivity contribution is 7.10. The summed E-state index contributed by atoms with van der Waals surface area (Å²) in [6, 6.07) is 5.10. The molecule has 0 radical (unpaired) electrons. The van der Waals surface area contributed by atoms with E-state index in [2.05, 4.69) is 9.69 Å². The van der Waals surface area contributed by atoms with Gasteiger partial charge in [-0.05, 0) is 36.7 Å². The minimum absolute atomic E-state index is 0.251. The predicted octanol–water partition coefficient (Wildman–Crippen LogP) is 2.30. The van der Waals surface area contributed by atoms with Crippen LogP contribution in [0.5, 0.6) is 0 Å². The van der Waals surface area contributed by atoms with E-state index in [1.807, 2.05) is 13.0 Å². The van der Waals surface area contributed by atoms with Gasteiger partial charge in [-0.15, -0.1) is 0 Å². The zero-order valence-corrected chi connectivity index (χ0v) is 8.30. The van der Waals surface area contributed by atoms with Crippen molar-refractivity contribution in [3.8, 4) is 0 Å². The first-order valence-corrected chi connectivity index (χ1v) is 4.81. The number of rotatable bonds is 2. The number of furan rings is 1. The summed E-state index contributed by atoms with van der Waals surface area (Å²) in [5, 5.41) is 3.41. The van der Waals surface area contributed by atoms with Crippen molar-refractivity contribution in [1.82, 2.24) is 4.37 Å². The second-order valence-corrected chi connectivity index (χ2v) is 3.57. The SMILES string of the molecule is Cc1cc(NC(=O)c2ccco2)sn1. The summed E-state index contributed by atoms with van der Waals surface area (Å²) in [6.07, 6.45) is 1.47. The van der Waals surface area contributed by atoms with Crippen molar-refractivity contribution < 1.29 is 9.21 Å².